The highest BCUT2D eigenvalue weighted by Gasteiger charge is 2.39. The minimum absolute atomic E-state index is 0.334. The predicted octanol–water partition coefficient (Wildman–Crippen LogP) is 3.41. The van der Waals surface area contributed by atoms with Gasteiger partial charge in [0.15, 0.2) is 0 Å². The lowest BCUT2D eigenvalue weighted by Gasteiger charge is -2.36. The van der Waals surface area contributed by atoms with Crippen LogP contribution >= 0.6 is 11.6 Å². The molecule has 1 heterocycles. The molecular weight excluding hydrogens is 264 g/mol. The number of Topliss-reactive ketones (excluding diaryl/α,β-unsaturated/α-hetero) is 2. The molecule has 1 aliphatic carbocycles. The van der Waals surface area contributed by atoms with Gasteiger partial charge in [-0.15, -0.1) is 0 Å². The van der Waals surface area contributed by atoms with E-state index in [4.69, 9.17) is 16.3 Å². The molecular formula is C15H13ClO3. The molecule has 3 rings (SSSR count). The molecule has 0 radical (unpaired) electrons. The maximum Gasteiger partial charge on any atom is 0.234 e. The molecule has 3 nitrogen and oxygen atoms in total. The smallest absolute Gasteiger partial charge is 0.234 e. The Morgan fingerprint density at radius 2 is 1.89 bits per heavy atom. The lowest BCUT2D eigenvalue weighted by molar-refractivity contribution is -0.112. The summed E-state index contributed by atoms with van der Waals surface area (Å²) in [4.78, 5) is 24.2. The molecule has 0 bridgehead atoms. The number of hydrogen-bond acceptors (Lipinski definition) is 3. The highest BCUT2D eigenvalue weighted by molar-refractivity contribution is 6.52. The van der Waals surface area contributed by atoms with Crippen molar-refractivity contribution in [3.05, 3.63) is 39.9 Å². The zero-order chi connectivity index (χ0) is 13.8. The number of allylic oxidation sites excluding steroid dienone is 1. The summed E-state index contributed by atoms with van der Waals surface area (Å²) in [6.07, 6.45) is 1.29. The van der Waals surface area contributed by atoms with E-state index in [1.807, 2.05) is 13.8 Å². The van der Waals surface area contributed by atoms with Crippen LogP contribution < -0.4 is 0 Å². The zero-order valence-corrected chi connectivity index (χ0v) is 11.5. The minimum atomic E-state index is -0.464. The molecule has 4 heteroatoms. The maximum atomic E-state index is 12.1. The van der Waals surface area contributed by atoms with E-state index in [-0.39, 0.29) is 5.60 Å². The van der Waals surface area contributed by atoms with Gasteiger partial charge in [0.25, 0.3) is 0 Å². The Labute approximate surface area is 116 Å². The monoisotopic (exact) mass is 276 g/mol. The SMILES string of the molecule is CC1(C)CCC2=C(O1)c1cc(Cl)ccc1C(=O)C2=O. The average Bonchev–Trinajstić information content (AvgIpc) is 2.35. The fraction of sp³-hybridized carbons (Fsp3) is 0.333. The largest absolute Gasteiger partial charge is 0.487 e. The molecule has 0 saturated heterocycles. The van der Waals surface area contributed by atoms with Crippen molar-refractivity contribution in [1.82, 2.24) is 0 Å². The summed E-state index contributed by atoms with van der Waals surface area (Å²) in [5, 5.41) is 0.528. The Kier molecular flexibility index (Phi) is 2.58. The number of carbonyl (C=O) groups excluding carboxylic acids is 2. The van der Waals surface area contributed by atoms with E-state index in [1.165, 1.54) is 0 Å². The lowest BCUT2D eigenvalue weighted by Crippen LogP contribution is -2.34. The molecule has 98 valence electrons. The molecule has 0 N–H and O–H groups in total. The number of carbonyl (C=O) groups is 2. The molecule has 2 aliphatic rings. The second kappa shape index (κ2) is 3.94. The van der Waals surface area contributed by atoms with E-state index in [0.717, 1.165) is 6.42 Å². The average molecular weight is 277 g/mol. The predicted molar refractivity (Wildman–Crippen MR) is 72.1 cm³/mol. The van der Waals surface area contributed by atoms with Crippen LogP contribution in [0.4, 0.5) is 0 Å². The van der Waals surface area contributed by atoms with Crippen LogP contribution in [0.1, 0.15) is 42.6 Å². The van der Waals surface area contributed by atoms with E-state index in [1.54, 1.807) is 18.2 Å². The molecule has 0 amide bonds. The third-order valence-corrected chi connectivity index (χ3v) is 3.82. The minimum Gasteiger partial charge on any atom is -0.487 e. The summed E-state index contributed by atoms with van der Waals surface area (Å²) in [5.41, 5.74) is 1.17. The van der Waals surface area contributed by atoms with Crippen molar-refractivity contribution in [1.29, 1.82) is 0 Å². The van der Waals surface area contributed by atoms with Crippen LogP contribution in [0.5, 0.6) is 0 Å². The van der Waals surface area contributed by atoms with Crippen LogP contribution in [0.3, 0.4) is 0 Å². The van der Waals surface area contributed by atoms with Gasteiger partial charge in [0, 0.05) is 21.7 Å². The highest BCUT2D eigenvalue weighted by atomic mass is 35.5. The lowest BCUT2D eigenvalue weighted by atomic mass is 9.82. The molecule has 0 fully saturated rings. The Morgan fingerprint density at radius 1 is 1.16 bits per heavy atom. The Balaban J connectivity index is 2.25. The fourth-order valence-corrected chi connectivity index (χ4v) is 2.70. The fourth-order valence-electron chi connectivity index (χ4n) is 2.52. The summed E-state index contributed by atoms with van der Waals surface area (Å²) in [5.74, 6) is -0.382. The van der Waals surface area contributed by atoms with Crippen molar-refractivity contribution in [3.63, 3.8) is 0 Å². The first-order chi connectivity index (χ1) is 8.89. The first-order valence-electron chi connectivity index (χ1n) is 6.20. The molecule has 0 atom stereocenters. The van der Waals surface area contributed by atoms with Crippen molar-refractivity contribution >= 4 is 28.9 Å². The second-order valence-electron chi connectivity index (χ2n) is 5.52. The molecule has 0 spiro atoms. The van der Waals surface area contributed by atoms with Gasteiger partial charge < -0.3 is 4.74 Å². The molecule has 1 aliphatic heterocycles. The van der Waals surface area contributed by atoms with E-state index < -0.39 is 11.6 Å². The first kappa shape index (κ1) is 12.4. The van der Waals surface area contributed by atoms with E-state index in [2.05, 4.69) is 0 Å². The normalized spacial score (nSPS) is 20.8. The molecule has 0 aromatic heterocycles. The number of hydrogen-bond donors (Lipinski definition) is 0. The maximum absolute atomic E-state index is 12.1. The summed E-state index contributed by atoms with van der Waals surface area (Å²) >= 11 is 5.99. The third kappa shape index (κ3) is 1.89. The molecule has 0 unspecified atom stereocenters. The zero-order valence-electron chi connectivity index (χ0n) is 10.7. The van der Waals surface area contributed by atoms with Gasteiger partial charge >= 0.3 is 0 Å². The number of halogens is 1. The first-order valence-corrected chi connectivity index (χ1v) is 6.58. The van der Waals surface area contributed by atoms with Gasteiger partial charge in [0.1, 0.15) is 11.4 Å². The number of ketones is 2. The molecule has 1 aromatic carbocycles. The van der Waals surface area contributed by atoms with Crippen LogP contribution in [0.2, 0.25) is 5.02 Å². The van der Waals surface area contributed by atoms with Crippen molar-refractivity contribution < 1.29 is 14.3 Å². The van der Waals surface area contributed by atoms with Crippen LogP contribution in [-0.2, 0) is 9.53 Å². The Bertz CT molecular complexity index is 641. The van der Waals surface area contributed by atoms with Crippen molar-refractivity contribution in [2.75, 3.05) is 0 Å². The summed E-state index contributed by atoms with van der Waals surface area (Å²) in [7, 11) is 0. The van der Waals surface area contributed by atoms with Gasteiger partial charge in [-0.05, 0) is 44.9 Å². The Hall–Kier alpha value is -1.61. The second-order valence-corrected chi connectivity index (χ2v) is 5.95. The van der Waals surface area contributed by atoms with Gasteiger partial charge in [-0.2, -0.15) is 0 Å². The van der Waals surface area contributed by atoms with Gasteiger partial charge in [0.05, 0.1) is 0 Å². The van der Waals surface area contributed by atoms with Gasteiger partial charge in [0.2, 0.25) is 11.6 Å². The van der Waals surface area contributed by atoms with Gasteiger partial charge in [-0.25, -0.2) is 0 Å². The van der Waals surface area contributed by atoms with Crippen molar-refractivity contribution in [3.8, 4) is 0 Å². The topological polar surface area (TPSA) is 43.4 Å². The van der Waals surface area contributed by atoms with Crippen LogP contribution in [0.25, 0.3) is 5.76 Å². The Morgan fingerprint density at radius 3 is 2.63 bits per heavy atom. The van der Waals surface area contributed by atoms with E-state index in [9.17, 15) is 9.59 Å². The molecule has 1 aromatic rings. The molecule has 19 heavy (non-hydrogen) atoms. The number of ether oxygens (including phenoxy) is 1. The van der Waals surface area contributed by atoms with E-state index >= 15 is 0 Å². The third-order valence-electron chi connectivity index (χ3n) is 3.58. The van der Waals surface area contributed by atoms with Crippen molar-refractivity contribution in [2.24, 2.45) is 0 Å². The van der Waals surface area contributed by atoms with E-state index in [0.29, 0.717) is 33.9 Å². The van der Waals surface area contributed by atoms with Crippen LogP contribution in [0, 0.1) is 0 Å². The van der Waals surface area contributed by atoms with Gasteiger partial charge in [-0.3, -0.25) is 9.59 Å². The standard InChI is InChI=1S/C15H13ClO3/c1-15(2)6-5-10-13(18)12(17)9-4-3-8(16)7-11(9)14(10)19-15/h3-4,7H,5-6H2,1-2H3. The van der Waals surface area contributed by atoms with Crippen LogP contribution in [-0.4, -0.2) is 17.2 Å². The number of benzene rings is 1. The number of rotatable bonds is 0. The summed E-state index contributed by atoms with van der Waals surface area (Å²) in [6.45, 7) is 3.95. The summed E-state index contributed by atoms with van der Waals surface area (Å²) < 4.78 is 5.93. The van der Waals surface area contributed by atoms with Gasteiger partial charge in [-0.1, -0.05) is 11.6 Å². The van der Waals surface area contributed by atoms with Crippen molar-refractivity contribution in [2.45, 2.75) is 32.3 Å². The highest BCUT2D eigenvalue weighted by Crippen LogP contribution is 2.41. The summed E-state index contributed by atoms with van der Waals surface area (Å²) in [6, 6.07) is 4.90. The molecule has 0 saturated carbocycles. The van der Waals surface area contributed by atoms with Crippen LogP contribution in [0.15, 0.2) is 23.8 Å². The number of fused-ring (bicyclic) bond motifs is 2. The quantitative estimate of drug-likeness (QED) is 0.682.